The Bertz CT molecular complexity index is 743. The van der Waals surface area contributed by atoms with Crippen molar-refractivity contribution in [3.63, 3.8) is 0 Å². The Morgan fingerprint density at radius 1 is 1.29 bits per heavy atom. The number of carbonyl (C=O) groups excluding carboxylic acids is 1. The van der Waals surface area contributed by atoms with Gasteiger partial charge in [0.2, 0.25) is 15.4 Å². The third-order valence-corrected chi connectivity index (χ3v) is 5.16. The van der Waals surface area contributed by atoms with E-state index in [0.717, 1.165) is 16.9 Å². The molecule has 2 aromatic rings. The molecule has 0 aliphatic heterocycles. The summed E-state index contributed by atoms with van der Waals surface area (Å²) in [6.07, 6.45) is 0. The lowest BCUT2D eigenvalue weighted by molar-refractivity contribution is -0.114. The van der Waals surface area contributed by atoms with E-state index in [1.807, 2.05) is 0 Å². The van der Waals surface area contributed by atoms with Crippen molar-refractivity contribution in [3.8, 4) is 0 Å². The van der Waals surface area contributed by atoms with Gasteiger partial charge in [0.1, 0.15) is 0 Å². The monoisotopic (exact) mass is 346 g/mol. The lowest BCUT2D eigenvalue weighted by Gasteiger charge is -2.03. The number of anilines is 1. The van der Waals surface area contributed by atoms with Crippen molar-refractivity contribution in [2.45, 2.75) is 17.8 Å². The third kappa shape index (κ3) is 4.46. The quantitative estimate of drug-likeness (QED) is 0.801. The lowest BCUT2D eigenvalue weighted by Crippen LogP contribution is -2.23. The highest BCUT2D eigenvalue weighted by atomic mass is 35.5. The van der Waals surface area contributed by atoms with E-state index in [1.165, 1.54) is 6.92 Å². The van der Waals surface area contributed by atoms with Gasteiger partial charge < -0.3 is 5.32 Å². The molecular formula is C11H11ClN4O3S2. The summed E-state index contributed by atoms with van der Waals surface area (Å²) in [4.78, 5) is 10.9. The first-order chi connectivity index (χ1) is 9.87. The molecule has 0 fully saturated rings. The maximum Gasteiger partial charge on any atom is 0.270 e. The Kier molecular flexibility index (Phi) is 4.88. The zero-order valence-corrected chi connectivity index (χ0v) is 13.2. The first-order valence-corrected chi connectivity index (χ1v) is 8.40. The molecule has 2 rings (SSSR count). The van der Waals surface area contributed by atoms with Crippen molar-refractivity contribution in [1.29, 1.82) is 0 Å². The summed E-state index contributed by atoms with van der Waals surface area (Å²) in [5.41, 5.74) is 0.759. The minimum absolute atomic E-state index is 0.106. The maximum absolute atomic E-state index is 12.0. The number of hydrogen-bond acceptors (Lipinski definition) is 6. The minimum atomic E-state index is -3.77. The van der Waals surface area contributed by atoms with Gasteiger partial charge in [0.25, 0.3) is 10.0 Å². The molecule has 1 heterocycles. The zero-order valence-electron chi connectivity index (χ0n) is 10.8. The van der Waals surface area contributed by atoms with E-state index >= 15 is 0 Å². The predicted molar refractivity (Wildman–Crippen MR) is 79.7 cm³/mol. The number of hydrogen-bond donors (Lipinski definition) is 2. The van der Waals surface area contributed by atoms with Gasteiger partial charge in [0, 0.05) is 18.5 Å². The van der Waals surface area contributed by atoms with Gasteiger partial charge in [-0.25, -0.2) is 13.1 Å². The molecule has 0 radical (unpaired) electrons. The standard InChI is InChI=1S/C11H11ClN4O3S2/c1-7(17)14-10-15-16-11(20-10)21(18,19)13-6-8-2-4-9(12)5-3-8/h2-5,13H,6H2,1H3,(H,14,15,17). The summed E-state index contributed by atoms with van der Waals surface area (Å²) in [7, 11) is -3.77. The first-order valence-electron chi connectivity index (χ1n) is 5.72. The van der Waals surface area contributed by atoms with Gasteiger partial charge in [-0.15, -0.1) is 10.2 Å². The second-order valence-corrected chi connectivity index (χ2v) is 7.36. The highest BCUT2D eigenvalue weighted by Crippen LogP contribution is 2.20. The number of benzene rings is 1. The van der Waals surface area contributed by atoms with Crippen molar-refractivity contribution in [3.05, 3.63) is 34.9 Å². The van der Waals surface area contributed by atoms with Crippen LogP contribution in [0.25, 0.3) is 0 Å². The Balaban J connectivity index is 2.06. The van der Waals surface area contributed by atoms with Crippen LogP contribution in [0.5, 0.6) is 0 Å². The van der Waals surface area contributed by atoms with Crippen molar-refractivity contribution >= 4 is 44.0 Å². The summed E-state index contributed by atoms with van der Waals surface area (Å²) in [6.45, 7) is 1.41. The average Bonchev–Trinajstić information content (AvgIpc) is 2.86. The molecule has 0 unspecified atom stereocenters. The Morgan fingerprint density at radius 2 is 1.95 bits per heavy atom. The number of nitrogens with zero attached hydrogens (tertiary/aromatic N) is 2. The van der Waals surface area contributed by atoms with Crippen LogP contribution in [-0.2, 0) is 21.4 Å². The molecule has 0 saturated carbocycles. The molecule has 0 bridgehead atoms. The number of nitrogens with one attached hydrogen (secondary N) is 2. The molecule has 10 heteroatoms. The van der Waals surface area contributed by atoms with Gasteiger partial charge in [0.15, 0.2) is 0 Å². The fraction of sp³-hybridized carbons (Fsp3) is 0.182. The fourth-order valence-electron chi connectivity index (χ4n) is 1.36. The summed E-state index contributed by atoms with van der Waals surface area (Å²) in [5, 5.41) is 10.2. The van der Waals surface area contributed by atoms with Gasteiger partial charge in [-0.3, -0.25) is 4.79 Å². The number of rotatable bonds is 5. The number of sulfonamides is 1. The number of amides is 1. The third-order valence-electron chi connectivity index (χ3n) is 2.30. The molecule has 0 saturated heterocycles. The molecule has 1 amide bonds. The normalized spacial score (nSPS) is 11.3. The number of halogens is 1. The molecule has 21 heavy (non-hydrogen) atoms. The Hall–Kier alpha value is -1.55. The number of carbonyl (C=O) groups is 1. The lowest BCUT2D eigenvalue weighted by atomic mass is 10.2. The van der Waals surface area contributed by atoms with Crippen molar-refractivity contribution in [2.75, 3.05) is 5.32 Å². The van der Waals surface area contributed by atoms with Crippen molar-refractivity contribution in [2.24, 2.45) is 0 Å². The van der Waals surface area contributed by atoms with Crippen LogP contribution in [0.15, 0.2) is 28.6 Å². The summed E-state index contributed by atoms with van der Waals surface area (Å²) in [5.74, 6) is -0.343. The first kappa shape index (κ1) is 15.8. The molecule has 1 aromatic heterocycles. The summed E-state index contributed by atoms with van der Waals surface area (Å²) >= 11 is 6.53. The second-order valence-electron chi connectivity index (χ2n) is 4.01. The zero-order chi connectivity index (χ0) is 15.5. The Labute approximate surface area is 130 Å². The van der Waals surface area contributed by atoms with E-state index in [1.54, 1.807) is 24.3 Å². The number of aromatic nitrogens is 2. The minimum Gasteiger partial charge on any atom is -0.301 e. The topological polar surface area (TPSA) is 101 Å². The van der Waals surface area contributed by atoms with Crippen LogP contribution in [0.2, 0.25) is 5.02 Å². The van der Waals surface area contributed by atoms with Crippen LogP contribution >= 0.6 is 22.9 Å². The smallest absolute Gasteiger partial charge is 0.270 e. The van der Waals surface area contributed by atoms with Crippen LogP contribution in [0, 0.1) is 0 Å². The van der Waals surface area contributed by atoms with Crippen LogP contribution in [0.1, 0.15) is 12.5 Å². The van der Waals surface area contributed by atoms with Crippen molar-refractivity contribution < 1.29 is 13.2 Å². The molecule has 0 atom stereocenters. The molecular weight excluding hydrogens is 336 g/mol. The summed E-state index contributed by atoms with van der Waals surface area (Å²) in [6, 6.07) is 6.78. The highest BCUT2D eigenvalue weighted by molar-refractivity contribution is 7.91. The van der Waals surface area contributed by atoms with Gasteiger partial charge in [-0.05, 0) is 17.7 Å². The van der Waals surface area contributed by atoms with Crippen LogP contribution in [0.3, 0.4) is 0 Å². The van der Waals surface area contributed by atoms with Crippen LogP contribution in [0.4, 0.5) is 5.13 Å². The van der Waals surface area contributed by atoms with Gasteiger partial charge in [0.05, 0.1) is 0 Å². The molecule has 0 aliphatic carbocycles. The molecule has 112 valence electrons. The molecule has 2 N–H and O–H groups in total. The van der Waals surface area contributed by atoms with E-state index in [9.17, 15) is 13.2 Å². The molecule has 7 nitrogen and oxygen atoms in total. The van der Waals surface area contributed by atoms with E-state index in [4.69, 9.17) is 11.6 Å². The summed E-state index contributed by atoms with van der Waals surface area (Å²) < 4.78 is 26.3. The van der Waals surface area contributed by atoms with Crippen molar-refractivity contribution in [1.82, 2.24) is 14.9 Å². The second kappa shape index (κ2) is 6.48. The Morgan fingerprint density at radius 3 is 2.57 bits per heavy atom. The van der Waals surface area contributed by atoms with E-state index in [0.29, 0.717) is 5.02 Å². The molecule has 0 spiro atoms. The van der Waals surface area contributed by atoms with Gasteiger partial charge >= 0.3 is 0 Å². The maximum atomic E-state index is 12.0. The van der Waals surface area contributed by atoms with E-state index in [2.05, 4.69) is 20.2 Å². The van der Waals surface area contributed by atoms with Gasteiger partial charge in [-0.2, -0.15) is 0 Å². The molecule has 1 aromatic carbocycles. The van der Waals surface area contributed by atoms with E-state index < -0.39 is 10.0 Å². The highest BCUT2D eigenvalue weighted by Gasteiger charge is 2.20. The largest absolute Gasteiger partial charge is 0.301 e. The van der Waals surface area contributed by atoms with Crippen LogP contribution < -0.4 is 10.0 Å². The van der Waals surface area contributed by atoms with E-state index in [-0.39, 0.29) is 21.9 Å². The van der Waals surface area contributed by atoms with Crippen LogP contribution in [-0.4, -0.2) is 24.5 Å². The van der Waals surface area contributed by atoms with Gasteiger partial charge in [-0.1, -0.05) is 35.1 Å². The predicted octanol–water partition coefficient (Wildman–Crippen LogP) is 1.63. The SMILES string of the molecule is CC(=O)Nc1nnc(S(=O)(=O)NCc2ccc(Cl)cc2)s1. The fourth-order valence-corrected chi connectivity index (χ4v) is 3.49. The average molecular weight is 347 g/mol. The molecule has 0 aliphatic rings.